The number of nitrogens with one attached hydrogen (secondary N) is 2. The Kier molecular flexibility index (Phi) is 6.39. The van der Waals surface area contributed by atoms with Crippen LogP contribution in [0.1, 0.15) is 45.0 Å². The fraction of sp³-hybridized carbons (Fsp3) is 0.667. The van der Waals surface area contributed by atoms with Gasteiger partial charge in [0, 0.05) is 31.6 Å². The molecule has 1 aromatic heterocycles. The molecule has 0 spiro atoms. The van der Waals surface area contributed by atoms with Crippen LogP contribution in [0.25, 0.3) is 0 Å². The molecule has 1 rings (SSSR count). The van der Waals surface area contributed by atoms with E-state index in [9.17, 15) is 4.79 Å². The molecule has 1 amide bonds. The smallest absolute Gasteiger partial charge is 0.241 e. The number of rotatable bonds is 7. The van der Waals surface area contributed by atoms with Crippen LogP contribution in [0.4, 0.5) is 11.6 Å². The van der Waals surface area contributed by atoms with Crippen LogP contribution in [-0.4, -0.2) is 47.5 Å². The van der Waals surface area contributed by atoms with Gasteiger partial charge >= 0.3 is 0 Å². The fourth-order valence-corrected chi connectivity index (χ4v) is 1.77. The van der Waals surface area contributed by atoms with Gasteiger partial charge in [-0.15, -0.1) is 0 Å². The van der Waals surface area contributed by atoms with Gasteiger partial charge < -0.3 is 15.5 Å². The Morgan fingerprint density at radius 3 is 2.24 bits per heavy atom. The Balaban J connectivity index is 2.96. The highest BCUT2D eigenvalue weighted by Gasteiger charge is 2.14. The van der Waals surface area contributed by atoms with Gasteiger partial charge in [-0.05, 0) is 20.8 Å². The highest BCUT2D eigenvalue weighted by atomic mass is 16.2. The summed E-state index contributed by atoms with van der Waals surface area (Å²) in [6.07, 6.45) is 0. The second kappa shape index (κ2) is 7.81. The average molecular weight is 293 g/mol. The van der Waals surface area contributed by atoms with Gasteiger partial charge in [0.05, 0.1) is 6.54 Å². The lowest BCUT2D eigenvalue weighted by Gasteiger charge is -2.18. The van der Waals surface area contributed by atoms with E-state index < -0.39 is 0 Å². The summed E-state index contributed by atoms with van der Waals surface area (Å²) in [7, 11) is 1.79. The van der Waals surface area contributed by atoms with Gasteiger partial charge in [-0.1, -0.05) is 13.8 Å². The Morgan fingerprint density at radius 2 is 1.76 bits per heavy atom. The van der Waals surface area contributed by atoms with Gasteiger partial charge in [-0.3, -0.25) is 4.79 Å². The standard InChI is InChI=1S/C15H27N5O/c1-7-16-14-11(5)15(19-13(18-14)10(3)4)17-9-12(21)20(6)8-2/h10H,7-9H2,1-6H3,(H2,16,17,18,19). The first-order valence-corrected chi connectivity index (χ1v) is 7.50. The molecule has 0 bridgehead atoms. The molecule has 0 atom stereocenters. The van der Waals surface area contributed by atoms with E-state index in [2.05, 4.69) is 34.4 Å². The number of nitrogens with zero attached hydrogens (tertiary/aromatic N) is 3. The van der Waals surface area contributed by atoms with E-state index in [1.54, 1.807) is 11.9 Å². The Labute approximate surface area is 127 Å². The van der Waals surface area contributed by atoms with Crippen LogP contribution in [0, 0.1) is 6.92 Å². The summed E-state index contributed by atoms with van der Waals surface area (Å²) in [6.45, 7) is 11.8. The van der Waals surface area contributed by atoms with Crippen LogP contribution in [0.15, 0.2) is 0 Å². The van der Waals surface area contributed by atoms with Crippen molar-refractivity contribution in [2.75, 3.05) is 37.3 Å². The number of likely N-dealkylation sites (N-methyl/N-ethyl adjacent to an activating group) is 1. The van der Waals surface area contributed by atoms with E-state index in [4.69, 9.17) is 0 Å². The summed E-state index contributed by atoms with van der Waals surface area (Å²) in [4.78, 5) is 22.7. The van der Waals surface area contributed by atoms with Crippen molar-refractivity contribution in [2.45, 2.75) is 40.5 Å². The lowest BCUT2D eigenvalue weighted by molar-refractivity contribution is -0.127. The summed E-state index contributed by atoms with van der Waals surface area (Å²) >= 11 is 0. The molecular formula is C15H27N5O. The number of hydrogen-bond donors (Lipinski definition) is 2. The molecule has 0 unspecified atom stereocenters. The van der Waals surface area contributed by atoms with E-state index >= 15 is 0 Å². The van der Waals surface area contributed by atoms with Crippen molar-refractivity contribution in [1.29, 1.82) is 0 Å². The number of anilines is 2. The zero-order valence-corrected chi connectivity index (χ0v) is 13.9. The summed E-state index contributed by atoms with van der Waals surface area (Å²) in [5.74, 6) is 2.61. The van der Waals surface area contributed by atoms with Gasteiger partial charge in [-0.25, -0.2) is 9.97 Å². The number of carbonyl (C=O) groups is 1. The van der Waals surface area contributed by atoms with Gasteiger partial charge in [0.2, 0.25) is 5.91 Å². The summed E-state index contributed by atoms with van der Waals surface area (Å²) in [5, 5.41) is 6.39. The van der Waals surface area contributed by atoms with E-state index in [0.717, 1.165) is 29.6 Å². The number of amides is 1. The second-order valence-electron chi connectivity index (χ2n) is 5.35. The first-order chi connectivity index (χ1) is 9.90. The largest absolute Gasteiger partial charge is 0.370 e. The highest BCUT2D eigenvalue weighted by Crippen LogP contribution is 2.22. The van der Waals surface area contributed by atoms with Crippen LogP contribution in [0.3, 0.4) is 0 Å². The quantitative estimate of drug-likeness (QED) is 0.807. The van der Waals surface area contributed by atoms with Crippen LogP contribution in [0.5, 0.6) is 0 Å². The van der Waals surface area contributed by atoms with Crippen molar-refractivity contribution < 1.29 is 4.79 Å². The van der Waals surface area contributed by atoms with Crippen molar-refractivity contribution >= 4 is 17.5 Å². The van der Waals surface area contributed by atoms with E-state index in [-0.39, 0.29) is 18.4 Å². The molecular weight excluding hydrogens is 266 g/mol. The Morgan fingerprint density at radius 1 is 1.19 bits per heavy atom. The zero-order chi connectivity index (χ0) is 16.0. The molecule has 0 radical (unpaired) electrons. The van der Waals surface area contributed by atoms with Gasteiger partial charge in [0.1, 0.15) is 17.5 Å². The molecule has 0 aliphatic carbocycles. The second-order valence-corrected chi connectivity index (χ2v) is 5.35. The van der Waals surface area contributed by atoms with Crippen molar-refractivity contribution in [2.24, 2.45) is 0 Å². The monoisotopic (exact) mass is 293 g/mol. The highest BCUT2D eigenvalue weighted by molar-refractivity contribution is 5.80. The molecule has 0 aliphatic rings. The van der Waals surface area contributed by atoms with Crippen LogP contribution in [-0.2, 0) is 4.79 Å². The van der Waals surface area contributed by atoms with Gasteiger partial charge in [0.25, 0.3) is 0 Å². The zero-order valence-electron chi connectivity index (χ0n) is 13.9. The lowest BCUT2D eigenvalue weighted by Crippen LogP contribution is -2.32. The van der Waals surface area contributed by atoms with E-state index in [1.165, 1.54) is 0 Å². The maximum Gasteiger partial charge on any atom is 0.241 e. The molecule has 6 nitrogen and oxygen atoms in total. The molecule has 0 aromatic carbocycles. The molecule has 6 heteroatoms. The first-order valence-electron chi connectivity index (χ1n) is 7.50. The van der Waals surface area contributed by atoms with Crippen molar-refractivity contribution in [3.05, 3.63) is 11.4 Å². The van der Waals surface area contributed by atoms with Crippen molar-refractivity contribution in [3.63, 3.8) is 0 Å². The lowest BCUT2D eigenvalue weighted by atomic mass is 10.2. The predicted molar refractivity (Wildman–Crippen MR) is 86.8 cm³/mol. The van der Waals surface area contributed by atoms with Crippen LogP contribution >= 0.6 is 0 Å². The normalized spacial score (nSPS) is 10.6. The number of carbonyl (C=O) groups excluding carboxylic acids is 1. The molecule has 1 heterocycles. The number of hydrogen-bond acceptors (Lipinski definition) is 5. The van der Waals surface area contributed by atoms with Gasteiger partial charge in [0.15, 0.2) is 0 Å². The molecule has 21 heavy (non-hydrogen) atoms. The number of aromatic nitrogens is 2. The minimum atomic E-state index is 0.0478. The van der Waals surface area contributed by atoms with E-state index in [1.807, 2.05) is 20.8 Å². The molecule has 0 aliphatic heterocycles. The minimum absolute atomic E-state index is 0.0478. The van der Waals surface area contributed by atoms with Gasteiger partial charge in [-0.2, -0.15) is 0 Å². The molecule has 1 aromatic rings. The van der Waals surface area contributed by atoms with E-state index in [0.29, 0.717) is 6.54 Å². The minimum Gasteiger partial charge on any atom is -0.370 e. The molecule has 0 saturated carbocycles. The maximum atomic E-state index is 11.9. The van der Waals surface area contributed by atoms with Crippen LogP contribution in [0.2, 0.25) is 0 Å². The molecule has 118 valence electrons. The summed E-state index contributed by atoms with van der Waals surface area (Å²) in [5.41, 5.74) is 0.938. The third-order valence-corrected chi connectivity index (χ3v) is 3.33. The maximum absolute atomic E-state index is 11.9. The molecule has 0 saturated heterocycles. The molecule has 0 fully saturated rings. The fourth-order valence-electron chi connectivity index (χ4n) is 1.77. The summed E-state index contributed by atoms with van der Waals surface area (Å²) in [6, 6.07) is 0. The molecule has 2 N–H and O–H groups in total. The van der Waals surface area contributed by atoms with Crippen molar-refractivity contribution in [3.8, 4) is 0 Å². The average Bonchev–Trinajstić information content (AvgIpc) is 2.46. The third-order valence-electron chi connectivity index (χ3n) is 3.33. The van der Waals surface area contributed by atoms with Crippen molar-refractivity contribution in [1.82, 2.24) is 14.9 Å². The topological polar surface area (TPSA) is 70.1 Å². The van der Waals surface area contributed by atoms with Crippen LogP contribution < -0.4 is 10.6 Å². The Hall–Kier alpha value is -1.85. The predicted octanol–water partition coefficient (Wildman–Crippen LogP) is 2.23. The third kappa shape index (κ3) is 4.58. The first kappa shape index (κ1) is 17.2. The summed E-state index contributed by atoms with van der Waals surface area (Å²) < 4.78 is 0. The Bertz CT molecular complexity index is 487. The SMILES string of the molecule is CCNc1nc(C(C)C)nc(NCC(=O)N(C)CC)c1C.